The van der Waals surface area contributed by atoms with Gasteiger partial charge in [0, 0.05) is 47.3 Å². The highest BCUT2D eigenvalue weighted by Crippen LogP contribution is 2.23. The summed E-state index contributed by atoms with van der Waals surface area (Å²) in [6.45, 7) is 4.23. The van der Waals surface area contributed by atoms with Crippen molar-refractivity contribution in [2.75, 3.05) is 26.2 Å². The van der Waals surface area contributed by atoms with Crippen LogP contribution in [-0.2, 0) is 4.79 Å². The average molecular weight is 656 g/mol. The number of nitrogens with one attached hydrogen (secondary N) is 3. The maximum absolute atomic E-state index is 13.7. The van der Waals surface area contributed by atoms with Crippen molar-refractivity contribution in [3.05, 3.63) is 81.4 Å². The fourth-order valence-electron chi connectivity index (χ4n) is 5.29. The van der Waals surface area contributed by atoms with Crippen LogP contribution in [0.25, 0.3) is 10.8 Å². The number of primary amides is 1. The van der Waals surface area contributed by atoms with Gasteiger partial charge in [-0.15, -0.1) is 0 Å². The third-order valence-electron chi connectivity index (χ3n) is 7.54. The van der Waals surface area contributed by atoms with Crippen molar-refractivity contribution in [2.24, 2.45) is 5.73 Å². The van der Waals surface area contributed by atoms with Gasteiger partial charge in [0.25, 0.3) is 5.91 Å². The molecule has 40 heavy (non-hydrogen) atoms. The fraction of sp³-hybridized carbons (Fsp3) is 0.387. The summed E-state index contributed by atoms with van der Waals surface area (Å²) in [6.07, 6.45) is 2.83. The van der Waals surface area contributed by atoms with Crippen LogP contribution in [0.5, 0.6) is 0 Å². The Hall–Kier alpha value is -3.18. The van der Waals surface area contributed by atoms with E-state index in [9.17, 15) is 14.4 Å². The van der Waals surface area contributed by atoms with Crippen LogP contribution in [-0.4, -0.2) is 61.0 Å². The van der Waals surface area contributed by atoms with E-state index in [1.807, 2.05) is 53.4 Å². The van der Waals surface area contributed by atoms with Gasteiger partial charge in [0.1, 0.15) is 0 Å². The number of carbonyl (C=O) groups excluding carboxylic acids is 3. The summed E-state index contributed by atoms with van der Waals surface area (Å²) in [5.41, 5.74) is 7.05. The Morgan fingerprint density at radius 2 is 1.82 bits per heavy atom. The SMILES string of the molecule is CC[C@H](CN1CC[C@@H](CNC(=O)c2ccc3cc(I)ccc3c2)N[C@@H](CCCNC(N)=O)C1=O)c1ccccc1. The van der Waals surface area contributed by atoms with Crippen molar-refractivity contribution < 1.29 is 14.4 Å². The van der Waals surface area contributed by atoms with Gasteiger partial charge in [-0.1, -0.05) is 49.4 Å². The van der Waals surface area contributed by atoms with Gasteiger partial charge < -0.3 is 26.6 Å². The Morgan fingerprint density at radius 3 is 2.58 bits per heavy atom. The minimum Gasteiger partial charge on any atom is -0.352 e. The van der Waals surface area contributed by atoms with Crippen LogP contribution in [0, 0.1) is 3.57 Å². The number of nitrogens with two attached hydrogens (primary N) is 1. The lowest BCUT2D eigenvalue weighted by atomic mass is 9.95. The molecule has 0 saturated carbocycles. The zero-order valence-corrected chi connectivity index (χ0v) is 25.0. The first-order valence-corrected chi connectivity index (χ1v) is 15.0. The van der Waals surface area contributed by atoms with E-state index in [0.717, 1.165) is 27.2 Å². The van der Waals surface area contributed by atoms with Crippen LogP contribution in [0.3, 0.4) is 0 Å². The molecule has 0 aromatic heterocycles. The second kappa shape index (κ2) is 14.5. The summed E-state index contributed by atoms with van der Waals surface area (Å²) >= 11 is 2.28. The second-order valence-corrected chi connectivity index (χ2v) is 11.6. The molecule has 9 heteroatoms. The van der Waals surface area contributed by atoms with Gasteiger partial charge in [-0.2, -0.15) is 0 Å². The second-order valence-electron chi connectivity index (χ2n) is 10.4. The summed E-state index contributed by atoms with van der Waals surface area (Å²) in [5.74, 6) is 0.174. The molecule has 0 unspecified atom stereocenters. The van der Waals surface area contributed by atoms with E-state index in [2.05, 4.69) is 63.7 Å². The number of rotatable bonds is 11. The highest BCUT2D eigenvalue weighted by atomic mass is 127. The summed E-state index contributed by atoms with van der Waals surface area (Å²) in [7, 11) is 0. The molecule has 0 aliphatic carbocycles. The monoisotopic (exact) mass is 655 g/mol. The van der Waals surface area contributed by atoms with Gasteiger partial charge in [0.05, 0.1) is 6.04 Å². The minimum absolute atomic E-state index is 0.0615. The van der Waals surface area contributed by atoms with E-state index in [4.69, 9.17) is 5.73 Å². The molecule has 8 nitrogen and oxygen atoms in total. The quantitative estimate of drug-likeness (QED) is 0.181. The summed E-state index contributed by atoms with van der Waals surface area (Å²) in [5, 5.41) is 11.3. The molecular formula is C31H38IN5O3. The van der Waals surface area contributed by atoms with Gasteiger partial charge in [-0.3, -0.25) is 9.59 Å². The Balaban J connectivity index is 1.42. The number of carbonyl (C=O) groups is 3. The van der Waals surface area contributed by atoms with Crippen molar-refractivity contribution in [1.82, 2.24) is 20.9 Å². The molecule has 1 aliphatic rings. The topological polar surface area (TPSA) is 117 Å². The fourth-order valence-corrected chi connectivity index (χ4v) is 5.80. The molecule has 0 bridgehead atoms. The molecular weight excluding hydrogens is 617 g/mol. The van der Waals surface area contributed by atoms with Crippen molar-refractivity contribution in [3.63, 3.8) is 0 Å². The molecule has 1 saturated heterocycles. The van der Waals surface area contributed by atoms with Crippen LogP contribution in [0.15, 0.2) is 66.7 Å². The maximum atomic E-state index is 13.7. The zero-order chi connectivity index (χ0) is 28.5. The molecule has 4 amide bonds. The van der Waals surface area contributed by atoms with Gasteiger partial charge in [-0.05, 0) is 88.9 Å². The smallest absolute Gasteiger partial charge is 0.312 e. The molecule has 1 heterocycles. The van der Waals surface area contributed by atoms with E-state index in [-0.39, 0.29) is 23.8 Å². The van der Waals surface area contributed by atoms with Crippen LogP contribution in [0.1, 0.15) is 54.4 Å². The lowest BCUT2D eigenvalue weighted by Crippen LogP contribution is -2.49. The van der Waals surface area contributed by atoms with E-state index >= 15 is 0 Å². The molecule has 3 atom stereocenters. The number of hydrogen-bond acceptors (Lipinski definition) is 4. The highest BCUT2D eigenvalue weighted by Gasteiger charge is 2.32. The molecule has 5 N–H and O–H groups in total. The van der Waals surface area contributed by atoms with Gasteiger partial charge in [0.2, 0.25) is 5.91 Å². The zero-order valence-electron chi connectivity index (χ0n) is 22.9. The van der Waals surface area contributed by atoms with Gasteiger partial charge >= 0.3 is 6.03 Å². The first kappa shape index (κ1) is 29.8. The number of halogens is 1. The largest absolute Gasteiger partial charge is 0.352 e. The molecule has 0 radical (unpaired) electrons. The van der Waals surface area contributed by atoms with Gasteiger partial charge in [0.15, 0.2) is 0 Å². The van der Waals surface area contributed by atoms with Crippen LogP contribution in [0.4, 0.5) is 4.79 Å². The Bertz CT molecular complexity index is 1320. The standard InChI is InChI=1S/C31H38IN5O3/c1-2-21(22-7-4-3-5-8-22)20-37-16-14-27(36-28(30(37)39)9-6-15-34-31(33)40)19-35-29(38)25-11-10-24-18-26(32)13-12-23(24)17-25/h3-5,7-8,10-13,17-18,21,27-28,36H,2,6,9,14-16,19-20H2,1H3,(H,35,38)(H3,33,34,40)/t21-,27+,28+/m1/s1. The number of hydrogen-bond donors (Lipinski definition) is 4. The molecule has 1 aliphatic heterocycles. The summed E-state index contributed by atoms with van der Waals surface area (Å²) in [4.78, 5) is 39.8. The lowest BCUT2D eigenvalue weighted by Gasteiger charge is -2.28. The molecule has 212 valence electrons. The molecule has 1 fully saturated rings. The summed E-state index contributed by atoms with van der Waals surface area (Å²) in [6, 6.07) is 21.2. The van der Waals surface area contributed by atoms with E-state index in [1.54, 1.807) is 0 Å². The minimum atomic E-state index is -0.570. The van der Waals surface area contributed by atoms with Crippen molar-refractivity contribution in [2.45, 2.75) is 50.6 Å². The lowest BCUT2D eigenvalue weighted by molar-refractivity contribution is -0.133. The normalized spacial score (nSPS) is 18.2. The van der Waals surface area contributed by atoms with E-state index in [1.165, 1.54) is 5.56 Å². The average Bonchev–Trinajstić information content (AvgIpc) is 3.10. The van der Waals surface area contributed by atoms with Crippen LogP contribution >= 0.6 is 22.6 Å². The van der Waals surface area contributed by atoms with Crippen LogP contribution in [0.2, 0.25) is 0 Å². The first-order chi connectivity index (χ1) is 19.3. The van der Waals surface area contributed by atoms with Crippen LogP contribution < -0.4 is 21.7 Å². The predicted molar refractivity (Wildman–Crippen MR) is 167 cm³/mol. The van der Waals surface area contributed by atoms with E-state index in [0.29, 0.717) is 44.6 Å². The molecule has 3 aromatic carbocycles. The number of urea groups is 1. The number of fused-ring (bicyclic) bond motifs is 1. The predicted octanol–water partition coefficient (Wildman–Crippen LogP) is 4.38. The van der Waals surface area contributed by atoms with Crippen molar-refractivity contribution in [1.29, 1.82) is 0 Å². The third kappa shape index (κ3) is 8.17. The van der Waals surface area contributed by atoms with Crippen molar-refractivity contribution >= 4 is 51.2 Å². The van der Waals surface area contributed by atoms with Crippen molar-refractivity contribution in [3.8, 4) is 0 Å². The molecule has 0 spiro atoms. The molecule has 3 aromatic rings. The Morgan fingerprint density at radius 1 is 1.07 bits per heavy atom. The number of nitrogens with zero attached hydrogens (tertiary/aromatic N) is 1. The number of benzene rings is 3. The van der Waals surface area contributed by atoms with E-state index < -0.39 is 12.1 Å². The summed E-state index contributed by atoms with van der Waals surface area (Å²) < 4.78 is 1.15. The Labute approximate surface area is 249 Å². The molecule has 4 rings (SSSR count). The Kier molecular flexibility index (Phi) is 10.8. The highest BCUT2D eigenvalue weighted by molar-refractivity contribution is 14.1. The first-order valence-electron chi connectivity index (χ1n) is 13.9. The maximum Gasteiger partial charge on any atom is 0.312 e. The number of amides is 4. The third-order valence-corrected chi connectivity index (χ3v) is 8.21. The van der Waals surface area contributed by atoms with Gasteiger partial charge in [-0.25, -0.2) is 4.79 Å².